The van der Waals surface area contributed by atoms with Gasteiger partial charge >= 0.3 is 0 Å². The summed E-state index contributed by atoms with van der Waals surface area (Å²) < 4.78 is 0. The van der Waals surface area contributed by atoms with Crippen LogP contribution in [-0.4, -0.2) is 42.2 Å². The van der Waals surface area contributed by atoms with E-state index in [1.165, 1.54) is 6.92 Å². The van der Waals surface area contributed by atoms with E-state index in [-0.39, 0.29) is 11.7 Å². The van der Waals surface area contributed by atoms with Crippen molar-refractivity contribution in [2.45, 2.75) is 20.8 Å². The highest BCUT2D eigenvalue weighted by Crippen LogP contribution is 2.20. The van der Waals surface area contributed by atoms with Crippen molar-refractivity contribution in [2.24, 2.45) is 0 Å². The van der Waals surface area contributed by atoms with Gasteiger partial charge in [-0.15, -0.1) is 0 Å². The Morgan fingerprint density at radius 1 is 1.19 bits per heavy atom. The molecule has 1 aromatic carbocycles. The summed E-state index contributed by atoms with van der Waals surface area (Å²) >= 11 is 0. The molecule has 1 amide bonds. The van der Waals surface area contributed by atoms with Gasteiger partial charge in [0.15, 0.2) is 5.78 Å². The number of likely N-dealkylation sites (N-methyl/N-ethyl adjacent to an activating group) is 1. The lowest BCUT2D eigenvalue weighted by atomic mass is 10.2. The predicted octanol–water partition coefficient (Wildman–Crippen LogP) is 2.90. The molecular formula is C16H23N3O2. The number of amides is 1. The van der Waals surface area contributed by atoms with Crippen LogP contribution in [0.4, 0.5) is 5.69 Å². The third-order valence-electron chi connectivity index (χ3n) is 2.74. The molecule has 0 fully saturated rings. The normalized spacial score (nSPS) is 10.2. The number of aromatic nitrogens is 1. The second-order valence-electron chi connectivity index (χ2n) is 4.83. The van der Waals surface area contributed by atoms with E-state index in [0.717, 1.165) is 16.6 Å². The molecule has 0 atom stereocenters. The van der Waals surface area contributed by atoms with Crippen LogP contribution in [0.1, 0.15) is 31.3 Å². The van der Waals surface area contributed by atoms with Crippen LogP contribution in [0.25, 0.3) is 10.9 Å². The van der Waals surface area contributed by atoms with Crippen LogP contribution < -0.4 is 5.32 Å². The van der Waals surface area contributed by atoms with Crippen LogP contribution in [0.5, 0.6) is 0 Å². The summed E-state index contributed by atoms with van der Waals surface area (Å²) in [7, 11) is 3.68. The molecule has 0 spiro atoms. The Morgan fingerprint density at radius 3 is 2.43 bits per heavy atom. The number of anilines is 1. The van der Waals surface area contributed by atoms with E-state index in [1.807, 2.05) is 46.1 Å². The zero-order valence-electron chi connectivity index (χ0n) is 13.3. The SMILES string of the molecule is CC.CC(=O)c1cc2cc(NC(=O)CN(C)C)ccc2[nH]1. The van der Waals surface area contributed by atoms with Gasteiger partial charge in [0.05, 0.1) is 12.2 Å². The minimum Gasteiger partial charge on any atom is -0.352 e. The highest BCUT2D eigenvalue weighted by molar-refractivity contribution is 6.00. The number of carbonyl (C=O) groups is 2. The molecule has 0 radical (unpaired) electrons. The summed E-state index contributed by atoms with van der Waals surface area (Å²) in [5.41, 5.74) is 2.19. The average molecular weight is 289 g/mol. The number of nitrogens with one attached hydrogen (secondary N) is 2. The van der Waals surface area contributed by atoms with Gasteiger partial charge < -0.3 is 15.2 Å². The largest absolute Gasteiger partial charge is 0.352 e. The van der Waals surface area contributed by atoms with E-state index < -0.39 is 0 Å². The number of rotatable bonds is 4. The maximum absolute atomic E-state index is 11.7. The molecule has 0 saturated carbocycles. The summed E-state index contributed by atoms with van der Waals surface area (Å²) in [6.45, 7) is 5.86. The lowest BCUT2D eigenvalue weighted by molar-refractivity contribution is -0.116. The lowest BCUT2D eigenvalue weighted by Gasteiger charge is -2.10. The number of ketones is 1. The van der Waals surface area contributed by atoms with Gasteiger partial charge in [0, 0.05) is 23.5 Å². The molecule has 0 bridgehead atoms. The Labute approximate surface area is 125 Å². The van der Waals surface area contributed by atoms with Crippen molar-refractivity contribution in [3.05, 3.63) is 30.0 Å². The van der Waals surface area contributed by atoms with Crippen molar-refractivity contribution >= 4 is 28.3 Å². The van der Waals surface area contributed by atoms with Crippen LogP contribution in [-0.2, 0) is 4.79 Å². The second kappa shape index (κ2) is 7.59. The Bertz CT molecular complexity index is 629. The molecule has 0 saturated heterocycles. The molecule has 1 aromatic heterocycles. The highest BCUT2D eigenvalue weighted by Gasteiger charge is 2.07. The first-order chi connectivity index (χ1) is 9.95. The number of benzene rings is 1. The monoisotopic (exact) mass is 289 g/mol. The predicted molar refractivity (Wildman–Crippen MR) is 86.8 cm³/mol. The van der Waals surface area contributed by atoms with Gasteiger partial charge in [-0.3, -0.25) is 9.59 Å². The zero-order valence-corrected chi connectivity index (χ0v) is 13.3. The molecule has 0 unspecified atom stereocenters. The molecule has 5 heteroatoms. The van der Waals surface area contributed by atoms with Crippen molar-refractivity contribution < 1.29 is 9.59 Å². The van der Waals surface area contributed by atoms with Gasteiger partial charge in [-0.2, -0.15) is 0 Å². The lowest BCUT2D eigenvalue weighted by Crippen LogP contribution is -2.27. The number of fused-ring (bicyclic) bond motifs is 1. The standard InChI is InChI=1S/C14H17N3O2.C2H6/c1-9(18)13-7-10-6-11(4-5-12(10)16-13)15-14(19)8-17(2)3;1-2/h4-7,16H,8H2,1-3H3,(H,15,19);1-2H3. The molecule has 114 valence electrons. The van der Waals surface area contributed by atoms with Gasteiger partial charge in [0.1, 0.15) is 0 Å². The Balaban J connectivity index is 0.00000106. The number of aromatic amines is 1. The van der Waals surface area contributed by atoms with Gasteiger partial charge in [0.2, 0.25) is 5.91 Å². The summed E-state index contributed by atoms with van der Waals surface area (Å²) in [5.74, 6) is -0.0685. The molecule has 0 aliphatic carbocycles. The topological polar surface area (TPSA) is 65.2 Å². The third-order valence-corrected chi connectivity index (χ3v) is 2.74. The summed E-state index contributed by atoms with van der Waals surface area (Å²) in [5, 5.41) is 3.73. The van der Waals surface area contributed by atoms with E-state index in [2.05, 4.69) is 10.3 Å². The van der Waals surface area contributed by atoms with Crippen LogP contribution in [0.2, 0.25) is 0 Å². The summed E-state index contributed by atoms with van der Waals surface area (Å²) in [6, 6.07) is 7.31. The van der Waals surface area contributed by atoms with Crippen LogP contribution in [0, 0.1) is 0 Å². The van der Waals surface area contributed by atoms with Crippen molar-refractivity contribution in [1.29, 1.82) is 0 Å². The molecule has 2 aromatic rings. The Morgan fingerprint density at radius 2 is 1.86 bits per heavy atom. The van der Waals surface area contributed by atoms with Crippen molar-refractivity contribution in [3.63, 3.8) is 0 Å². The fourth-order valence-corrected chi connectivity index (χ4v) is 1.89. The molecule has 0 aliphatic rings. The van der Waals surface area contributed by atoms with Crippen molar-refractivity contribution in [3.8, 4) is 0 Å². The van der Waals surface area contributed by atoms with E-state index in [1.54, 1.807) is 11.0 Å². The maximum atomic E-state index is 11.7. The minimum atomic E-state index is -0.0633. The van der Waals surface area contributed by atoms with E-state index in [9.17, 15) is 9.59 Å². The van der Waals surface area contributed by atoms with Crippen molar-refractivity contribution in [2.75, 3.05) is 26.0 Å². The van der Waals surface area contributed by atoms with E-state index in [0.29, 0.717) is 12.2 Å². The second-order valence-corrected chi connectivity index (χ2v) is 4.83. The van der Waals surface area contributed by atoms with Gasteiger partial charge in [-0.05, 0) is 38.4 Å². The molecule has 2 rings (SSSR count). The number of Topliss-reactive ketones (excluding diaryl/α,β-unsaturated/α-hetero) is 1. The van der Waals surface area contributed by atoms with Crippen LogP contribution in [0.3, 0.4) is 0 Å². The number of hydrogen-bond donors (Lipinski definition) is 2. The molecule has 2 N–H and O–H groups in total. The minimum absolute atomic E-state index is 0.00519. The summed E-state index contributed by atoms with van der Waals surface area (Å²) in [6.07, 6.45) is 0. The first kappa shape index (κ1) is 16.9. The summed E-state index contributed by atoms with van der Waals surface area (Å²) in [4.78, 5) is 27.8. The average Bonchev–Trinajstić information content (AvgIpc) is 2.83. The van der Waals surface area contributed by atoms with Crippen molar-refractivity contribution in [1.82, 2.24) is 9.88 Å². The molecule has 1 heterocycles. The number of hydrogen-bond acceptors (Lipinski definition) is 3. The van der Waals surface area contributed by atoms with Crippen LogP contribution >= 0.6 is 0 Å². The van der Waals surface area contributed by atoms with Gasteiger partial charge in [-0.1, -0.05) is 13.8 Å². The number of carbonyl (C=O) groups excluding carboxylic acids is 2. The Kier molecular flexibility index (Phi) is 6.11. The molecule has 0 aliphatic heterocycles. The molecular weight excluding hydrogens is 266 g/mol. The fraction of sp³-hybridized carbons (Fsp3) is 0.375. The highest BCUT2D eigenvalue weighted by atomic mass is 16.2. The molecule has 5 nitrogen and oxygen atoms in total. The number of H-pyrrole nitrogens is 1. The van der Waals surface area contributed by atoms with E-state index in [4.69, 9.17) is 0 Å². The molecule has 21 heavy (non-hydrogen) atoms. The van der Waals surface area contributed by atoms with Gasteiger partial charge in [-0.25, -0.2) is 0 Å². The zero-order chi connectivity index (χ0) is 16.0. The first-order valence-electron chi connectivity index (χ1n) is 7.04. The van der Waals surface area contributed by atoms with Gasteiger partial charge in [0.25, 0.3) is 0 Å². The smallest absolute Gasteiger partial charge is 0.238 e. The number of nitrogens with zero attached hydrogens (tertiary/aromatic N) is 1. The van der Waals surface area contributed by atoms with E-state index >= 15 is 0 Å². The maximum Gasteiger partial charge on any atom is 0.238 e. The fourth-order valence-electron chi connectivity index (χ4n) is 1.89. The third kappa shape index (κ3) is 4.72. The Hall–Kier alpha value is -2.14. The quantitative estimate of drug-likeness (QED) is 0.851. The first-order valence-corrected chi connectivity index (χ1v) is 7.04. The van der Waals surface area contributed by atoms with Crippen LogP contribution in [0.15, 0.2) is 24.3 Å².